The summed E-state index contributed by atoms with van der Waals surface area (Å²) in [5.41, 5.74) is 3.61. The van der Waals surface area contributed by atoms with E-state index < -0.39 is 5.67 Å². The topological polar surface area (TPSA) is 76.7 Å². The summed E-state index contributed by atoms with van der Waals surface area (Å²) < 4.78 is 17.2. The smallest absolute Gasteiger partial charge is 0.227 e. The largest absolute Gasteiger partial charge is 0.366 e. The molecule has 1 aromatic carbocycles. The predicted octanol–water partition coefficient (Wildman–Crippen LogP) is 3.36. The summed E-state index contributed by atoms with van der Waals surface area (Å²) in [6.07, 6.45) is 5.92. The van der Waals surface area contributed by atoms with E-state index in [4.69, 9.17) is 5.26 Å². The first kappa shape index (κ1) is 22.1. The normalized spacial score (nSPS) is 26.5. The van der Waals surface area contributed by atoms with Crippen LogP contribution in [-0.2, 0) is 10.5 Å². The Morgan fingerprint density at radius 3 is 2.63 bits per heavy atom. The van der Waals surface area contributed by atoms with Crippen LogP contribution in [0.25, 0.3) is 16.6 Å². The zero-order valence-electron chi connectivity index (χ0n) is 19.7. The van der Waals surface area contributed by atoms with Crippen LogP contribution in [0, 0.1) is 23.2 Å². The summed E-state index contributed by atoms with van der Waals surface area (Å²) in [5, 5.41) is 16.7. The lowest BCUT2D eigenvalue weighted by Gasteiger charge is -2.36. The summed E-state index contributed by atoms with van der Waals surface area (Å²) in [6, 6.07) is 14.2. The Labute approximate surface area is 204 Å². The van der Waals surface area contributed by atoms with Gasteiger partial charge in [-0.3, -0.25) is 4.79 Å². The summed E-state index contributed by atoms with van der Waals surface area (Å²) in [4.78, 5) is 16.8. The molecule has 8 heteroatoms. The number of fused-ring (bicyclic) bond motifs is 1. The minimum atomic E-state index is -1.30. The van der Waals surface area contributed by atoms with Crippen LogP contribution in [0.1, 0.15) is 24.8 Å². The number of aromatic nitrogens is 2. The van der Waals surface area contributed by atoms with Crippen molar-refractivity contribution in [1.82, 2.24) is 19.8 Å². The van der Waals surface area contributed by atoms with E-state index >= 15 is 4.39 Å². The number of nitriles is 1. The van der Waals surface area contributed by atoms with Crippen LogP contribution in [0.2, 0.25) is 0 Å². The standard InChI is InChI=1S/C27H29FN6O/c28-27(7-1-8-30-18-27)22-4-2-19(3-5-22)21-15-25-24(6-9-31-34(25)17-21)32-10-12-33(13-11-32)26(35)23-14-20(23)16-29/h2-6,9,15,17,20,23,30H,1,7-8,10-14,18H2/t20?,23-,27+/m1/s1. The van der Waals surface area contributed by atoms with Crippen molar-refractivity contribution in [3.63, 3.8) is 0 Å². The zero-order chi connectivity index (χ0) is 24.0. The highest BCUT2D eigenvalue weighted by molar-refractivity contribution is 5.83. The second kappa shape index (κ2) is 8.65. The van der Waals surface area contributed by atoms with Gasteiger partial charge < -0.3 is 15.1 Å². The first-order valence-corrected chi connectivity index (χ1v) is 12.5. The highest BCUT2D eigenvalue weighted by atomic mass is 19.1. The first-order valence-electron chi connectivity index (χ1n) is 12.5. The third-order valence-electron chi connectivity index (χ3n) is 7.76. The Balaban J connectivity index is 1.19. The van der Waals surface area contributed by atoms with Gasteiger partial charge >= 0.3 is 0 Å². The number of piperazine rings is 1. The molecule has 6 rings (SSSR count). The van der Waals surface area contributed by atoms with Crippen molar-refractivity contribution in [2.24, 2.45) is 11.8 Å². The van der Waals surface area contributed by atoms with Crippen LogP contribution in [0.15, 0.2) is 48.8 Å². The third kappa shape index (κ3) is 4.04. The molecule has 1 aliphatic carbocycles. The molecule has 0 bridgehead atoms. The number of anilines is 1. The quantitative estimate of drug-likeness (QED) is 0.630. The number of alkyl halides is 1. The molecule has 2 aromatic heterocycles. The predicted molar refractivity (Wildman–Crippen MR) is 132 cm³/mol. The molecule has 1 amide bonds. The number of piperidine rings is 1. The van der Waals surface area contributed by atoms with Crippen molar-refractivity contribution >= 4 is 17.1 Å². The lowest BCUT2D eigenvalue weighted by atomic mass is 9.87. The molecule has 7 nitrogen and oxygen atoms in total. The number of hydrogen-bond acceptors (Lipinski definition) is 5. The Hall–Kier alpha value is -3.44. The maximum Gasteiger partial charge on any atom is 0.227 e. The van der Waals surface area contributed by atoms with Crippen molar-refractivity contribution in [1.29, 1.82) is 5.26 Å². The summed E-state index contributed by atoms with van der Waals surface area (Å²) >= 11 is 0. The lowest BCUT2D eigenvalue weighted by Crippen LogP contribution is -2.49. The Morgan fingerprint density at radius 2 is 1.94 bits per heavy atom. The van der Waals surface area contributed by atoms with Gasteiger partial charge in [-0.05, 0) is 49.1 Å². The van der Waals surface area contributed by atoms with E-state index in [1.165, 1.54) is 0 Å². The molecular weight excluding hydrogens is 443 g/mol. The molecule has 3 atom stereocenters. The van der Waals surface area contributed by atoms with Crippen molar-refractivity contribution in [3.8, 4) is 17.2 Å². The van der Waals surface area contributed by atoms with Gasteiger partial charge in [-0.15, -0.1) is 0 Å². The maximum atomic E-state index is 15.3. The highest BCUT2D eigenvalue weighted by Gasteiger charge is 2.45. The molecule has 2 aliphatic heterocycles. The molecule has 4 heterocycles. The monoisotopic (exact) mass is 472 g/mol. The van der Waals surface area contributed by atoms with Crippen LogP contribution in [0.4, 0.5) is 10.1 Å². The molecule has 2 saturated heterocycles. The third-order valence-corrected chi connectivity index (χ3v) is 7.76. The Morgan fingerprint density at radius 1 is 1.14 bits per heavy atom. The summed E-state index contributed by atoms with van der Waals surface area (Å²) in [6.45, 7) is 4.07. The molecule has 0 radical (unpaired) electrons. The molecule has 0 spiro atoms. The molecule has 180 valence electrons. The summed E-state index contributed by atoms with van der Waals surface area (Å²) in [7, 11) is 0. The van der Waals surface area contributed by atoms with Gasteiger partial charge in [0.15, 0.2) is 0 Å². The minimum absolute atomic E-state index is 0.0941. The maximum absolute atomic E-state index is 15.3. The van der Waals surface area contributed by atoms with Gasteiger partial charge in [-0.2, -0.15) is 10.4 Å². The number of nitrogens with zero attached hydrogens (tertiary/aromatic N) is 5. The number of amides is 1. The van der Waals surface area contributed by atoms with E-state index in [1.54, 1.807) is 6.20 Å². The van der Waals surface area contributed by atoms with Gasteiger partial charge in [0, 0.05) is 50.7 Å². The number of hydrogen-bond donors (Lipinski definition) is 1. The lowest BCUT2D eigenvalue weighted by molar-refractivity contribution is -0.133. The average Bonchev–Trinajstić information content (AvgIpc) is 3.57. The molecule has 35 heavy (non-hydrogen) atoms. The molecule has 3 aromatic rings. The average molecular weight is 473 g/mol. The second-order valence-electron chi connectivity index (χ2n) is 9.99. The molecule has 1 saturated carbocycles. The summed E-state index contributed by atoms with van der Waals surface area (Å²) in [5.74, 6) is -0.0627. The fraction of sp³-hybridized carbons (Fsp3) is 0.444. The fourth-order valence-corrected chi connectivity index (χ4v) is 5.51. The van der Waals surface area contributed by atoms with Crippen LogP contribution >= 0.6 is 0 Å². The van der Waals surface area contributed by atoms with E-state index in [1.807, 2.05) is 45.9 Å². The number of carbonyl (C=O) groups is 1. The van der Waals surface area contributed by atoms with Crippen molar-refractivity contribution in [3.05, 3.63) is 54.4 Å². The van der Waals surface area contributed by atoms with Gasteiger partial charge in [0.1, 0.15) is 5.67 Å². The Kier molecular flexibility index (Phi) is 5.45. The molecule has 3 fully saturated rings. The van der Waals surface area contributed by atoms with Crippen molar-refractivity contribution < 1.29 is 9.18 Å². The fourth-order valence-electron chi connectivity index (χ4n) is 5.51. The van der Waals surface area contributed by atoms with Crippen LogP contribution < -0.4 is 10.2 Å². The Bertz CT molecular complexity index is 1280. The number of nitrogens with one attached hydrogen (secondary N) is 1. The highest BCUT2D eigenvalue weighted by Crippen LogP contribution is 2.39. The van der Waals surface area contributed by atoms with Crippen LogP contribution in [0.5, 0.6) is 0 Å². The number of rotatable bonds is 4. The van der Waals surface area contributed by atoms with Gasteiger partial charge in [0.2, 0.25) is 5.91 Å². The minimum Gasteiger partial charge on any atom is -0.366 e. The molecular formula is C27H29FN6O. The van der Waals surface area contributed by atoms with Crippen LogP contribution in [-0.4, -0.2) is 59.7 Å². The van der Waals surface area contributed by atoms with E-state index in [9.17, 15) is 4.79 Å². The van der Waals surface area contributed by atoms with Crippen molar-refractivity contribution in [2.45, 2.75) is 24.9 Å². The second-order valence-corrected chi connectivity index (χ2v) is 9.99. The first-order chi connectivity index (χ1) is 17.1. The number of carbonyl (C=O) groups excluding carboxylic acids is 1. The van der Waals surface area contributed by atoms with E-state index in [2.05, 4.69) is 27.5 Å². The van der Waals surface area contributed by atoms with Gasteiger partial charge in [0.25, 0.3) is 0 Å². The van der Waals surface area contributed by atoms with E-state index in [-0.39, 0.29) is 17.7 Å². The number of benzene rings is 1. The zero-order valence-corrected chi connectivity index (χ0v) is 19.7. The molecule has 3 aliphatic rings. The van der Waals surface area contributed by atoms with Gasteiger partial charge in [-0.1, -0.05) is 24.3 Å². The SMILES string of the molecule is N#CC1C[C@H]1C(=O)N1CCN(c2ccnn3cc(-c4ccc([C@]5(F)CCCNC5)cc4)cc23)CC1. The molecule has 1 N–H and O–H groups in total. The van der Waals surface area contributed by atoms with E-state index in [0.29, 0.717) is 32.5 Å². The van der Waals surface area contributed by atoms with Gasteiger partial charge in [-0.25, -0.2) is 8.91 Å². The van der Waals surface area contributed by atoms with Gasteiger partial charge in [0.05, 0.1) is 29.1 Å². The molecule has 1 unspecified atom stereocenters. The number of halogens is 1. The van der Waals surface area contributed by atoms with Crippen molar-refractivity contribution in [2.75, 3.05) is 44.2 Å². The van der Waals surface area contributed by atoms with Crippen LogP contribution in [0.3, 0.4) is 0 Å². The van der Waals surface area contributed by atoms with E-state index in [0.717, 1.165) is 53.9 Å².